The van der Waals surface area contributed by atoms with Crippen molar-refractivity contribution in [1.82, 2.24) is 20.7 Å². The van der Waals surface area contributed by atoms with Crippen LogP contribution in [0.25, 0.3) is 10.6 Å². The van der Waals surface area contributed by atoms with Crippen LogP contribution in [0, 0.1) is 0 Å². The molecule has 0 radical (unpaired) electrons. The zero-order chi connectivity index (χ0) is 24.4. The van der Waals surface area contributed by atoms with E-state index in [0.717, 1.165) is 17.0 Å². The van der Waals surface area contributed by atoms with E-state index in [-0.39, 0.29) is 5.69 Å². The third-order valence-corrected chi connectivity index (χ3v) is 6.89. The number of aromatic nitrogens is 1. The Hall–Kier alpha value is -4.30. The first-order valence-corrected chi connectivity index (χ1v) is 12.0. The lowest BCUT2D eigenvalue weighted by Crippen LogP contribution is -2.49. The number of urea groups is 1. The van der Waals surface area contributed by atoms with Gasteiger partial charge in [0, 0.05) is 10.9 Å². The van der Waals surface area contributed by atoms with Crippen LogP contribution in [-0.2, 0) is 16.8 Å². The van der Waals surface area contributed by atoms with E-state index >= 15 is 0 Å². The summed E-state index contributed by atoms with van der Waals surface area (Å²) < 4.78 is 0. The summed E-state index contributed by atoms with van der Waals surface area (Å²) in [6.07, 6.45) is 0.936. The van der Waals surface area contributed by atoms with E-state index in [9.17, 15) is 14.4 Å². The Kier molecular flexibility index (Phi) is 5.88. The van der Waals surface area contributed by atoms with E-state index in [1.54, 1.807) is 53.9 Å². The number of nitrogens with zero attached hydrogens (tertiary/aromatic N) is 2. The van der Waals surface area contributed by atoms with Crippen molar-refractivity contribution >= 4 is 29.2 Å². The second kappa shape index (κ2) is 9.15. The average molecular weight is 483 g/mol. The number of hydrazine groups is 1. The fraction of sp³-hybridized carbons (Fsp3) is 0.111. The summed E-state index contributed by atoms with van der Waals surface area (Å²) in [6, 6.07) is 25.2. The molecular formula is C27H22N4O3S. The normalized spacial score (nSPS) is 14.6. The van der Waals surface area contributed by atoms with E-state index in [2.05, 4.69) is 22.7 Å². The van der Waals surface area contributed by atoms with E-state index in [4.69, 9.17) is 0 Å². The molecule has 35 heavy (non-hydrogen) atoms. The van der Waals surface area contributed by atoms with Crippen LogP contribution >= 0.6 is 11.3 Å². The number of hydrogen-bond donors (Lipinski definition) is 2. The van der Waals surface area contributed by atoms with E-state index in [1.807, 2.05) is 36.4 Å². The predicted octanol–water partition coefficient (Wildman–Crippen LogP) is 4.51. The topological polar surface area (TPSA) is 91.4 Å². The second-order valence-electron chi connectivity index (χ2n) is 8.08. The number of amides is 4. The summed E-state index contributed by atoms with van der Waals surface area (Å²) >= 11 is 1.32. The van der Waals surface area contributed by atoms with Gasteiger partial charge in [0.2, 0.25) is 0 Å². The Labute approximate surface area is 206 Å². The van der Waals surface area contributed by atoms with Gasteiger partial charge < -0.3 is 5.32 Å². The zero-order valence-corrected chi connectivity index (χ0v) is 19.7. The predicted molar refractivity (Wildman–Crippen MR) is 133 cm³/mol. The Morgan fingerprint density at radius 3 is 2.11 bits per heavy atom. The van der Waals surface area contributed by atoms with Crippen LogP contribution in [0.15, 0.2) is 90.3 Å². The highest BCUT2D eigenvalue weighted by Gasteiger charge is 2.54. The Morgan fingerprint density at radius 2 is 1.54 bits per heavy atom. The molecule has 3 aromatic carbocycles. The number of imide groups is 1. The molecule has 5 rings (SSSR count). The molecule has 1 aliphatic rings. The maximum absolute atomic E-state index is 13.7. The van der Waals surface area contributed by atoms with Crippen molar-refractivity contribution in [3.63, 3.8) is 0 Å². The SMILES string of the molecule is CCc1ccc(-c2nc(C(=O)NN3C(=O)NC(c4ccccc4)(c4ccccc4)C3=O)cs2)cc1. The van der Waals surface area contributed by atoms with Gasteiger partial charge in [-0.05, 0) is 23.1 Å². The van der Waals surface area contributed by atoms with Crippen molar-refractivity contribution in [3.8, 4) is 10.6 Å². The molecule has 1 aromatic heterocycles. The summed E-state index contributed by atoms with van der Waals surface area (Å²) in [6.45, 7) is 2.08. The number of rotatable bonds is 6. The standard InChI is InChI=1S/C27H22N4O3S/c1-2-18-13-15-19(16-14-18)24-28-22(17-35-24)23(32)30-31-25(33)27(29-26(31)34,20-9-5-3-6-10-20)21-11-7-4-8-12-21/h3-17H,2H2,1H3,(H,29,34)(H,30,32). The zero-order valence-electron chi connectivity index (χ0n) is 18.9. The molecule has 0 bridgehead atoms. The number of aryl methyl sites for hydroxylation is 1. The van der Waals surface area contributed by atoms with Crippen LogP contribution in [-0.4, -0.2) is 27.8 Å². The van der Waals surface area contributed by atoms with Crippen molar-refractivity contribution in [2.75, 3.05) is 0 Å². The van der Waals surface area contributed by atoms with Gasteiger partial charge in [-0.2, -0.15) is 5.01 Å². The monoisotopic (exact) mass is 482 g/mol. The summed E-state index contributed by atoms with van der Waals surface area (Å²) in [5.41, 5.74) is 4.41. The molecule has 4 aromatic rings. The highest BCUT2D eigenvalue weighted by atomic mass is 32.1. The Morgan fingerprint density at radius 1 is 0.943 bits per heavy atom. The Bertz CT molecular complexity index is 1350. The average Bonchev–Trinajstić information content (AvgIpc) is 3.50. The summed E-state index contributed by atoms with van der Waals surface area (Å²) in [4.78, 5) is 44.1. The maximum Gasteiger partial charge on any atom is 0.344 e. The minimum Gasteiger partial charge on any atom is -0.314 e. The van der Waals surface area contributed by atoms with Crippen LogP contribution in [0.5, 0.6) is 0 Å². The van der Waals surface area contributed by atoms with Gasteiger partial charge in [-0.25, -0.2) is 9.78 Å². The van der Waals surface area contributed by atoms with Crippen molar-refractivity contribution in [2.45, 2.75) is 18.9 Å². The molecule has 1 aliphatic heterocycles. The molecule has 0 aliphatic carbocycles. The summed E-state index contributed by atoms with van der Waals surface area (Å²) in [7, 11) is 0. The van der Waals surface area contributed by atoms with E-state index < -0.39 is 23.4 Å². The summed E-state index contributed by atoms with van der Waals surface area (Å²) in [5.74, 6) is -1.24. The van der Waals surface area contributed by atoms with Crippen LogP contribution in [0.4, 0.5) is 4.79 Å². The number of carbonyl (C=O) groups is 3. The minimum atomic E-state index is -1.46. The molecule has 0 atom stereocenters. The van der Waals surface area contributed by atoms with Gasteiger partial charge in [0.25, 0.3) is 11.8 Å². The quantitative estimate of drug-likeness (QED) is 0.396. The molecule has 8 heteroatoms. The number of carbonyl (C=O) groups excluding carboxylic acids is 3. The maximum atomic E-state index is 13.7. The van der Waals surface area contributed by atoms with Crippen LogP contribution in [0.2, 0.25) is 0 Å². The van der Waals surface area contributed by atoms with E-state index in [0.29, 0.717) is 16.1 Å². The van der Waals surface area contributed by atoms with Gasteiger partial charge in [-0.15, -0.1) is 11.3 Å². The fourth-order valence-electron chi connectivity index (χ4n) is 4.12. The van der Waals surface area contributed by atoms with Gasteiger partial charge in [0.05, 0.1) is 0 Å². The highest BCUT2D eigenvalue weighted by molar-refractivity contribution is 7.13. The fourth-order valence-corrected chi connectivity index (χ4v) is 4.92. The largest absolute Gasteiger partial charge is 0.344 e. The van der Waals surface area contributed by atoms with Gasteiger partial charge in [-0.3, -0.25) is 15.0 Å². The molecule has 7 nitrogen and oxygen atoms in total. The molecule has 0 spiro atoms. The molecule has 2 heterocycles. The molecule has 1 saturated heterocycles. The second-order valence-corrected chi connectivity index (χ2v) is 8.94. The number of benzene rings is 3. The highest BCUT2D eigenvalue weighted by Crippen LogP contribution is 2.35. The molecule has 0 unspecified atom stereocenters. The van der Waals surface area contributed by atoms with Crippen molar-refractivity contribution < 1.29 is 14.4 Å². The number of thiazole rings is 1. The van der Waals surface area contributed by atoms with Crippen LogP contribution in [0.3, 0.4) is 0 Å². The third kappa shape index (κ3) is 3.98. The van der Waals surface area contributed by atoms with Gasteiger partial charge in [-0.1, -0.05) is 91.9 Å². The molecule has 174 valence electrons. The molecule has 1 fully saturated rings. The van der Waals surface area contributed by atoms with E-state index in [1.165, 1.54) is 16.9 Å². The molecule has 0 saturated carbocycles. The van der Waals surface area contributed by atoms with Crippen LogP contribution in [0.1, 0.15) is 34.1 Å². The van der Waals surface area contributed by atoms with Gasteiger partial charge in [0.15, 0.2) is 5.54 Å². The van der Waals surface area contributed by atoms with Crippen LogP contribution < -0.4 is 10.7 Å². The van der Waals surface area contributed by atoms with Gasteiger partial charge in [0.1, 0.15) is 10.7 Å². The Balaban J connectivity index is 1.42. The minimum absolute atomic E-state index is 0.127. The lowest BCUT2D eigenvalue weighted by molar-refractivity contribution is -0.131. The lowest BCUT2D eigenvalue weighted by Gasteiger charge is -2.27. The van der Waals surface area contributed by atoms with Crippen molar-refractivity contribution in [1.29, 1.82) is 0 Å². The first-order chi connectivity index (χ1) is 17.0. The first kappa shape index (κ1) is 22.5. The number of nitrogens with one attached hydrogen (secondary N) is 2. The number of hydrogen-bond acceptors (Lipinski definition) is 5. The summed E-state index contributed by atoms with van der Waals surface area (Å²) in [5, 5.41) is 5.83. The smallest absolute Gasteiger partial charge is 0.314 e. The van der Waals surface area contributed by atoms with Gasteiger partial charge >= 0.3 is 6.03 Å². The van der Waals surface area contributed by atoms with Crippen molar-refractivity contribution in [2.24, 2.45) is 0 Å². The molecular weight excluding hydrogens is 460 g/mol. The first-order valence-electron chi connectivity index (χ1n) is 11.2. The lowest BCUT2D eigenvalue weighted by atomic mass is 9.83. The molecule has 2 N–H and O–H groups in total. The third-order valence-electron chi connectivity index (χ3n) is 5.99. The van der Waals surface area contributed by atoms with Crippen molar-refractivity contribution in [3.05, 3.63) is 113 Å². The molecule has 4 amide bonds.